The molecule has 18 heavy (non-hydrogen) atoms. The Labute approximate surface area is 113 Å². The minimum Gasteiger partial charge on any atom is -0.361 e. The third-order valence-corrected chi connectivity index (χ3v) is 4.65. The second-order valence-corrected chi connectivity index (χ2v) is 11.6. The van der Waals surface area contributed by atoms with Crippen molar-refractivity contribution >= 4 is 30.8 Å². The zero-order valence-electron chi connectivity index (χ0n) is 11.0. The smallest absolute Gasteiger partial charge is 0.162 e. The highest BCUT2D eigenvalue weighted by Crippen LogP contribution is 2.21. The SMILES string of the molecule is C[Si](C)(C)CCOCn1cc(Cl)c2nccnc21. The summed E-state index contributed by atoms with van der Waals surface area (Å²) in [6, 6.07) is 1.16. The van der Waals surface area contributed by atoms with Gasteiger partial charge in [-0.1, -0.05) is 31.2 Å². The van der Waals surface area contributed by atoms with Crippen molar-refractivity contribution in [2.24, 2.45) is 0 Å². The zero-order chi connectivity index (χ0) is 13.2. The molecule has 0 N–H and O–H groups in total. The fourth-order valence-corrected chi connectivity index (χ4v) is 2.62. The maximum atomic E-state index is 6.09. The van der Waals surface area contributed by atoms with Crippen LogP contribution in [0.3, 0.4) is 0 Å². The highest BCUT2D eigenvalue weighted by Gasteiger charge is 2.13. The number of fused-ring (bicyclic) bond motifs is 1. The van der Waals surface area contributed by atoms with E-state index in [1.54, 1.807) is 12.4 Å². The highest BCUT2D eigenvalue weighted by molar-refractivity contribution is 6.76. The predicted octanol–water partition coefficient (Wildman–Crippen LogP) is 3.40. The molecule has 0 saturated heterocycles. The molecule has 0 bridgehead atoms. The maximum Gasteiger partial charge on any atom is 0.162 e. The monoisotopic (exact) mass is 283 g/mol. The average Bonchev–Trinajstić information content (AvgIpc) is 2.62. The van der Waals surface area contributed by atoms with Crippen LogP contribution in [0.2, 0.25) is 30.7 Å². The van der Waals surface area contributed by atoms with Gasteiger partial charge in [0.2, 0.25) is 0 Å². The van der Waals surface area contributed by atoms with Crippen LogP contribution in [0.1, 0.15) is 0 Å². The summed E-state index contributed by atoms with van der Waals surface area (Å²) < 4.78 is 7.59. The molecule has 4 nitrogen and oxygen atoms in total. The van der Waals surface area contributed by atoms with Gasteiger partial charge >= 0.3 is 0 Å². The Morgan fingerprint density at radius 3 is 2.72 bits per heavy atom. The lowest BCUT2D eigenvalue weighted by molar-refractivity contribution is 0.0899. The molecule has 0 radical (unpaired) electrons. The molecule has 6 heteroatoms. The van der Waals surface area contributed by atoms with E-state index in [0.717, 1.165) is 23.8 Å². The molecule has 0 aliphatic heterocycles. The van der Waals surface area contributed by atoms with Crippen molar-refractivity contribution < 1.29 is 4.74 Å². The zero-order valence-corrected chi connectivity index (χ0v) is 12.7. The molecule has 0 spiro atoms. The van der Waals surface area contributed by atoms with Gasteiger partial charge < -0.3 is 9.30 Å². The van der Waals surface area contributed by atoms with Crippen molar-refractivity contribution in [1.82, 2.24) is 14.5 Å². The van der Waals surface area contributed by atoms with Crippen molar-refractivity contribution in [2.75, 3.05) is 6.61 Å². The van der Waals surface area contributed by atoms with E-state index in [0.29, 0.717) is 11.8 Å². The van der Waals surface area contributed by atoms with E-state index in [2.05, 4.69) is 29.6 Å². The van der Waals surface area contributed by atoms with Crippen molar-refractivity contribution in [2.45, 2.75) is 32.4 Å². The number of halogens is 1. The first-order valence-electron chi connectivity index (χ1n) is 6.00. The van der Waals surface area contributed by atoms with Gasteiger partial charge in [0.15, 0.2) is 5.65 Å². The summed E-state index contributed by atoms with van der Waals surface area (Å²) in [6.45, 7) is 8.27. The van der Waals surface area contributed by atoms with E-state index < -0.39 is 8.07 Å². The summed E-state index contributed by atoms with van der Waals surface area (Å²) in [5, 5.41) is 0.617. The van der Waals surface area contributed by atoms with E-state index in [1.807, 2.05) is 10.8 Å². The lowest BCUT2D eigenvalue weighted by atomic mass is 10.5. The first-order valence-corrected chi connectivity index (χ1v) is 10.1. The Morgan fingerprint density at radius 1 is 1.28 bits per heavy atom. The minimum absolute atomic E-state index is 0.479. The van der Waals surface area contributed by atoms with Crippen molar-refractivity contribution in [3.8, 4) is 0 Å². The molecule has 0 aliphatic rings. The quantitative estimate of drug-likeness (QED) is 0.624. The van der Waals surface area contributed by atoms with E-state index in [9.17, 15) is 0 Å². The first-order chi connectivity index (χ1) is 8.47. The summed E-state index contributed by atoms with van der Waals surface area (Å²) in [6.07, 6.45) is 5.13. The van der Waals surface area contributed by atoms with Crippen molar-refractivity contribution in [3.05, 3.63) is 23.6 Å². The second-order valence-electron chi connectivity index (χ2n) is 5.52. The van der Waals surface area contributed by atoms with E-state index in [-0.39, 0.29) is 0 Å². The average molecular weight is 284 g/mol. The van der Waals surface area contributed by atoms with Crippen LogP contribution in [0.5, 0.6) is 0 Å². The molecule has 2 heterocycles. The molecule has 2 aromatic heterocycles. The molecule has 2 aromatic rings. The van der Waals surface area contributed by atoms with Gasteiger partial charge in [0.25, 0.3) is 0 Å². The second kappa shape index (κ2) is 5.38. The van der Waals surface area contributed by atoms with Gasteiger partial charge in [-0.25, -0.2) is 9.97 Å². The Bertz CT molecular complexity index is 536. The van der Waals surface area contributed by atoms with Gasteiger partial charge in [-0.05, 0) is 6.04 Å². The fourth-order valence-electron chi connectivity index (χ4n) is 1.61. The van der Waals surface area contributed by atoms with E-state index in [4.69, 9.17) is 16.3 Å². The predicted molar refractivity (Wildman–Crippen MR) is 76.6 cm³/mol. The molecule has 0 aliphatic carbocycles. The van der Waals surface area contributed by atoms with E-state index >= 15 is 0 Å². The molecule has 0 fully saturated rings. The number of aromatic nitrogens is 3. The van der Waals surface area contributed by atoms with Gasteiger partial charge in [0.05, 0.1) is 5.02 Å². The standard InChI is InChI=1S/C12H18ClN3OSi/c1-18(2,3)7-6-17-9-16-8-10(13)11-12(16)15-5-4-14-11/h4-5,8H,6-7,9H2,1-3H3. The van der Waals surface area contributed by atoms with Crippen LogP contribution >= 0.6 is 11.6 Å². The molecule has 2 rings (SSSR count). The largest absolute Gasteiger partial charge is 0.361 e. The van der Waals surface area contributed by atoms with Crippen LogP contribution in [0, 0.1) is 0 Å². The van der Waals surface area contributed by atoms with Crippen LogP contribution in [0.25, 0.3) is 11.2 Å². The summed E-state index contributed by atoms with van der Waals surface area (Å²) in [5.41, 5.74) is 1.50. The summed E-state index contributed by atoms with van der Waals surface area (Å²) in [5.74, 6) is 0. The third kappa shape index (κ3) is 3.31. The molecular weight excluding hydrogens is 266 g/mol. The molecule has 0 saturated carbocycles. The van der Waals surface area contributed by atoms with Crippen LogP contribution in [0.15, 0.2) is 18.6 Å². The lowest BCUT2D eigenvalue weighted by Gasteiger charge is -2.15. The molecule has 98 valence electrons. The number of hydrogen-bond donors (Lipinski definition) is 0. The first kappa shape index (κ1) is 13.5. The molecular formula is C12H18ClN3OSi. The Hall–Kier alpha value is -0.913. The van der Waals surface area contributed by atoms with Crippen molar-refractivity contribution in [1.29, 1.82) is 0 Å². The number of ether oxygens (including phenoxy) is 1. The van der Waals surface area contributed by atoms with Crippen molar-refractivity contribution in [3.63, 3.8) is 0 Å². The van der Waals surface area contributed by atoms with Crippen LogP contribution < -0.4 is 0 Å². The van der Waals surface area contributed by atoms with Gasteiger partial charge in [0.1, 0.15) is 12.2 Å². The highest BCUT2D eigenvalue weighted by atomic mass is 35.5. The minimum atomic E-state index is -1.03. The summed E-state index contributed by atoms with van der Waals surface area (Å²) in [4.78, 5) is 8.48. The van der Waals surface area contributed by atoms with Gasteiger partial charge in [-0.15, -0.1) is 0 Å². The van der Waals surface area contributed by atoms with Crippen LogP contribution in [-0.4, -0.2) is 29.2 Å². The Morgan fingerprint density at radius 2 is 2.00 bits per heavy atom. The van der Waals surface area contributed by atoms with Gasteiger partial charge in [-0.3, -0.25) is 0 Å². The molecule has 0 atom stereocenters. The number of nitrogens with zero attached hydrogens (tertiary/aromatic N) is 3. The maximum absolute atomic E-state index is 6.09. The van der Waals surface area contributed by atoms with Gasteiger partial charge in [-0.2, -0.15) is 0 Å². The van der Waals surface area contributed by atoms with Crippen LogP contribution in [0.4, 0.5) is 0 Å². The number of rotatable bonds is 5. The normalized spacial score (nSPS) is 12.2. The Balaban J connectivity index is 2.00. The molecule has 0 aromatic carbocycles. The van der Waals surface area contributed by atoms with Gasteiger partial charge in [0, 0.05) is 33.3 Å². The van der Waals surface area contributed by atoms with Crippen LogP contribution in [-0.2, 0) is 11.5 Å². The summed E-state index contributed by atoms with van der Waals surface area (Å²) >= 11 is 6.09. The molecule has 0 amide bonds. The fraction of sp³-hybridized carbons (Fsp3) is 0.500. The lowest BCUT2D eigenvalue weighted by Crippen LogP contribution is -2.22. The summed E-state index contributed by atoms with van der Waals surface area (Å²) in [7, 11) is -1.03. The third-order valence-electron chi connectivity index (χ3n) is 2.67. The van der Waals surface area contributed by atoms with E-state index in [1.165, 1.54) is 0 Å². The number of hydrogen-bond acceptors (Lipinski definition) is 3. The topological polar surface area (TPSA) is 39.9 Å². The molecule has 0 unspecified atom stereocenters. The Kier molecular flexibility index (Phi) is 4.04.